The highest BCUT2D eigenvalue weighted by Gasteiger charge is 2.23. The van der Waals surface area contributed by atoms with Crippen LogP contribution in [-0.4, -0.2) is 15.8 Å². The van der Waals surface area contributed by atoms with Gasteiger partial charge in [-0.2, -0.15) is 5.10 Å². The zero-order valence-corrected chi connectivity index (χ0v) is 11.8. The Balaban J connectivity index is 2.21. The molecule has 0 amide bonds. The van der Waals surface area contributed by atoms with Crippen LogP contribution in [0.1, 0.15) is 32.6 Å². The fraction of sp³-hybridized carbons (Fsp3) is 0.571. The van der Waals surface area contributed by atoms with Gasteiger partial charge in [-0.05, 0) is 25.7 Å². The third kappa shape index (κ3) is 3.10. The van der Waals surface area contributed by atoms with Crippen molar-refractivity contribution in [3.63, 3.8) is 0 Å². The molecule has 1 aromatic heterocycles. The molecule has 1 aliphatic carbocycles. The smallest absolute Gasteiger partial charge is 0.292 e. The van der Waals surface area contributed by atoms with E-state index in [0.717, 1.165) is 0 Å². The van der Waals surface area contributed by atoms with E-state index in [4.69, 9.17) is 18.0 Å². The van der Waals surface area contributed by atoms with E-state index in [0.29, 0.717) is 16.6 Å². The van der Waals surface area contributed by atoms with Gasteiger partial charge in [0.05, 0.1) is 11.2 Å². The number of terminal acetylenes is 1. The van der Waals surface area contributed by atoms with Crippen molar-refractivity contribution in [2.45, 2.75) is 45.2 Å². The van der Waals surface area contributed by atoms with Crippen molar-refractivity contribution in [2.75, 3.05) is 5.32 Å². The van der Waals surface area contributed by atoms with Gasteiger partial charge in [-0.25, -0.2) is 4.68 Å². The summed E-state index contributed by atoms with van der Waals surface area (Å²) in [6.07, 6.45) is 11.6. The summed E-state index contributed by atoms with van der Waals surface area (Å²) in [7, 11) is 0. The Hall–Kier alpha value is -1.47. The summed E-state index contributed by atoms with van der Waals surface area (Å²) in [6.45, 7) is 2.25. The van der Waals surface area contributed by atoms with Gasteiger partial charge in [-0.15, -0.1) is 6.42 Å². The van der Waals surface area contributed by atoms with Crippen molar-refractivity contribution in [2.24, 2.45) is 5.92 Å². The molecular weight excluding hydrogens is 262 g/mol. The Morgan fingerprint density at radius 1 is 1.63 bits per heavy atom. The van der Waals surface area contributed by atoms with E-state index >= 15 is 0 Å². The maximum absolute atomic E-state index is 12.2. The first-order valence-electron chi connectivity index (χ1n) is 6.59. The second-order valence-electron chi connectivity index (χ2n) is 5.01. The highest BCUT2D eigenvalue weighted by atomic mass is 35.5. The van der Waals surface area contributed by atoms with Gasteiger partial charge in [0, 0.05) is 6.04 Å². The van der Waals surface area contributed by atoms with Crippen molar-refractivity contribution in [1.82, 2.24) is 9.78 Å². The lowest BCUT2D eigenvalue weighted by atomic mass is 10.00. The van der Waals surface area contributed by atoms with Crippen molar-refractivity contribution >= 4 is 17.3 Å². The third-order valence-corrected chi connectivity index (χ3v) is 4.00. The first kappa shape index (κ1) is 14.0. The van der Waals surface area contributed by atoms with Crippen molar-refractivity contribution in [3.05, 3.63) is 21.6 Å². The second kappa shape index (κ2) is 6.12. The van der Waals surface area contributed by atoms with Crippen LogP contribution in [0.25, 0.3) is 0 Å². The number of hydrogen-bond acceptors (Lipinski definition) is 3. The minimum Gasteiger partial charge on any atom is -0.377 e. The van der Waals surface area contributed by atoms with E-state index in [1.54, 1.807) is 0 Å². The maximum atomic E-state index is 12.2. The number of anilines is 1. The Bertz CT molecular complexity index is 541. The molecule has 5 heteroatoms. The van der Waals surface area contributed by atoms with Gasteiger partial charge in [0.25, 0.3) is 5.56 Å². The predicted molar refractivity (Wildman–Crippen MR) is 77.4 cm³/mol. The molecule has 0 aromatic carbocycles. The Morgan fingerprint density at radius 2 is 2.32 bits per heavy atom. The second-order valence-corrected chi connectivity index (χ2v) is 5.42. The summed E-state index contributed by atoms with van der Waals surface area (Å²) in [5.41, 5.74) is 0.154. The summed E-state index contributed by atoms with van der Waals surface area (Å²) in [5.74, 6) is 3.01. The molecule has 19 heavy (non-hydrogen) atoms. The van der Waals surface area contributed by atoms with Crippen LogP contribution in [0.5, 0.6) is 0 Å². The number of nitrogens with one attached hydrogen (secondary N) is 1. The number of halogens is 1. The van der Waals surface area contributed by atoms with E-state index < -0.39 is 0 Å². The summed E-state index contributed by atoms with van der Waals surface area (Å²) >= 11 is 6.06. The normalized spacial score (nSPS) is 17.1. The van der Waals surface area contributed by atoms with Gasteiger partial charge in [0.1, 0.15) is 12.2 Å². The summed E-state index contributed by atoms with van der Waals surface area (Å²) in [5, 5.41) is 7.52. The van der Waals surface area contributed by atoms with Crippen LogP contribution in [0, 0.1) is 18.3 Å². The van der Waals surface area contributed by atoms with Gasteiger partial charge >= 0.3 is 0 Å². The molecule has 2 rings (SSSR count). The van der Waals surface area contributed by atoms with Crippen molar-refractivity contribution in [3.8, 4) is 12.3 Å². The van der Waals surface area contributed by atoms with Crippen molar-refractivity contribution < 1.29 is 0 Å². The van der Waals surface area contributed by atoms with Crippen molar-refractivity contribution in [1.29, 1.82) is 0 Å². The molecule has 1 atom stereocenters. The average Bonchev–Trinajstić information content (AvgIpc) is 2.92. The van der Waals surface area contributed by atoms with Gasteiger partial charge < -0.3 is 5.32 Å². The molecule has 4 nitrogen and oxygen atoms in total. The quantitative estimate of drug-likeness (QED) is 0.862. The highest BCUT2D eigenvalue weighted by molar-refractivity contribution is 6.33. The van der Waals surface area contributed by atoms with E-state index in [2.05, 4.69) is 23.3 Å². The lowest BCUT2D eigenvalue weighted by molar-refractivity contribution is 0.481. The van der Waals surface area contributed by atoms with Crippen LogP contribution in [0.3, 0.4) is 0 Å². The summed E-state index contributed by atoms with van der Waals surface area (Å²) in [6, 6.07) is 0.231. The summed E-state index contributed by atoms with van der Waals surface area (Å²) in [4.78, 5) is 12.2. The van der Waals surface area contributed by atoms with Crippen LogP contribution in [0.4, 0.5) is 5.69 Å². The standard InChI is InChI=1S/C14H18ClN3O/c1-3-8-18-14(19)13(12(15)9-16-18)17-10(2)11-6-4-5-7-11/h1,9-11,17H,4-8H2,2H3. The Kier molecular flexibility index (Phi) is 4.49. The van der Waals surface area contributed by atoms with Crippen LogP contribution in [0.2, 0.25) is 5.02 Å². The van der Waals surface area contributed by atoms with Gasteiger partial charge in [-0.1, -0.05) is 30.4 Å². The third-order valence-electron chi connectivity index (χ3n) is 3.72. The van der Waals surface area contributed by atoms with Crippen LogP contribution >= 0.6 is 11.6 Å². The average molecular weight is 280 g/mol. The zero-order chi connectivity index (χ0) is 13.8. The molecule has 1 unspecified atom stereocenters. The van der Waals surface area contributed by atoms with Crippen LogP contribution < -0.4 is 10.9 Å². The fourth-order valence-corrected chi connectivity index (χ4v) is 2.78. The molecular formula is C14H18ClN3O. The zero-order valence-electron chi connectivity index (χ0n) is 11.0. The first-order valence-corrected chi connectivity index (χ1v) is 6.97. The number of rotatable bonds is 4. The number of nitrogens with zero attached hydrogens (tertiary/aromatic N) is 2. The SMILES string of the molecule is C#CCn1ncc(Cl)c(NC(C)C2CCCC2)c1=O. The van der Waals surface area contributed by atoms with Gasteiger partial charge in [0.15, 0.2) is 0 Å². The number of hydrogen-bond donors (Lipinski definition) is 1. The Labute approximate surface area is 118 Å². The van der Waals surface area contributed by atoms with E-state index in [-0.39, 0.29) is 18.1 Å². The molecule has 0 aliphatic heterocycles. The molecule has 102 valence electrons. The van der Waals surface area contributed by atoms with Gasteiger partial charge in [0.2, 0.25) is 0 Å². The lowest BCUT2D eigenvalue weighted by Gasteiger charge is -2.21. The van der Waals surface area contributed by atoms with E-state index in [9.17, 15) is 4.79 Å². The molecule has 1 heterocycles. The van der Waals surface area contributed by atoms with E-state index in [1.165, 1.54) is 36.6 Å². The molecule has 1 saturated carbocycles. The summed E-state index contributed by atoms with van der Waals surface area (Å²) < 4.78 is 1.25. The minimum atomic E-state index is -0.254. The molecule has 1 N–H and O–H groups in total. The minimum absolute atomic E-state index is 0.155. The monoisotopic (exact) mass is 279 g/mol. The largest absolute Gasteiger partial charge is 0.377 e. The molecule has 0 saturated heterocycles. The molecule has 0 bridgehead atoms. The lowest BCUT2D eigenvalue weighted by Crippen LogP contribution is -2.31. The topological polar surface area (TPSA) is 46.9 Å². The first-order chi connectivity index (χ1) is 9.13. The fourth-order valence-electron chi connectivity index (χ4n) is 2.60. The van der Waals surface area contributed by atoms with Crippen LogP contribution in [0.15, 0.2) is 11.0 Å². The van der Waals surface area contributed by atoms with E-state index in [1.807, 2.05) is 0 Å². The Morgan fingerprint density at radius 3 is 2.95 bits per heavy atom. The van der Waals surface area contributed by atoms with Gasteiger partial charge in [-0.3, -0.25) is 4.79 Å². The van der Waals surface area contributed by atoms with Crippen LogP contribution in [-0.2, 0) is 6.54 Å². The number of aromatic nitrogens is 2. The highest BCUT2D eigenvalue weighted by Crippen LogP contribution is 2.29. The molecule has 1 aromatic rings. The maximum Gasteiger partial charge on any atom is 0.292 e. The molecule has 1 aliphatic rings. The molecule has 0 spiro atoms. The predicted octanol–water partition coefficient (Wildman–Crippen LogP) is 2.52. The molecule has 1 fully saturated rings. The molecule has 0 radical (unpaired) electrons.